The average molecular weight is 235 g/mol. The Bertz CT molecular complexity index is 181. The van der Waals surface area contributed by atoms with Gasteiger partial charge in [-0.25, -0.2) is 0 Å². The molecule has 1 aliphatic heterocycles. The lowest BCUT2D eigenvalue weighted by Gasteiger charge is -2.19. The van der Waals surface area contributed by atoms with E-state index in [1.54, 1.807) is 0 Å². The van der Waals surface area contributed by atoms with Gasteiger partial charge in [-0.3, -0.25) is 4.90 Å². The van der Waals surface area contributed by atoms with Crippen molar-refractivity contribution in [3.63, 3.8) is 0 Å². The van der Waals surface area contributed by atoms with Crippen molar-refractivity contribution in [1.82, 2.24) is 4.90 Å². The van der Waals surface area contributed by atoms with Gasteiger partial charge in [0.05, 0.1) is 18.9 Å². The van der Waals surface area contributed by atoms with Gasteiger partial charge in [-0.05, 0) is 13.8 Å². The first-order valence-corrected chi connectivity index (χ1v) is 5.44. The number of hydrogen-bond acceptors (Lipinski definition) is 6. The lowest BCUT2D eigenvalue weighted by atomic mass is 10.3. The Kier molecular flexibility index (Phi) is 6.86. The van der Waals surface area contributed by atoms with Crippen molar-refractivity contribution >= 4 is 0 Å². The third kappa shape index (κ3) is 5.74. The summed E-state index contributed by atoms with van der Waals surface area (Å²) in [7, 11) is 0. The van der Waals surface area contributed by atoms with Gasteiger partial charge in [-0.1, -0.05) is 0 Å². The maximum Gasteiger partial charge on any atom is 0.152 e. The molecular weight excluding hydrogens is 214 g/mol. The minimum absolute atomic E-state index is 0.0487. The molecule has 1 heterocycles. The molecule has 96 valence electrons. The molecule has 1 aliphatic rings. The molecule has 16 heavy (non-hydrogen) atoms. The number of aliphatic hydroxyl groups excluding tert-OH is 1. The molecule has 2 atom stereocenters. The molecule has 0 aliphatic carbocycles. The van der Waals surface area contributed by atoms with Crippen molar-refractivity contribution in [3.05, 3.63) is 0 Å². The summed E-state index contributed by atoms with van der Waals surface area (Å²) in [5.74, 6) is 0. The number of ether oxygens (including phenoxy) is 4. The molecule has 0 aromatic rings. The summed E-state index contributed by atoms with van der Waals surface area (Å²) in [6.07, 6.45) is 0.393. The lowest BCUT2D eigenvalue weighted by Crippen LogP contribution is -2.31. The highest BCUT2D eigenvalue weighted by Crippen LogP contribution is 2.08. The topological polar surface area (TPSA) is 60.4 Å². The molecule has 0 spiro atoms. The number of nitrogens with zero attached hydrogens (tertiary/aromatic N) is 1. The monoisotopic (exact) mass is 235 g/mol. The van der Waals surface area contributed by atoms with Crippen LogP contribution in [0.15, 0.2) is 0 Å². The van der Waals surface area contributed by atoms with Crippen LogP contribution < -0.4 is 0 Å². The average Bonchev–Trinajstić information content (AvgIpc) is 2.63. The molecule has 6 heteroatoms. The fourth-order valence-corrected chi connectivity index (χ4v) is 1.54. The lowest BCUT2D eigenvalue weighted by molar-refractivity contribution is -0.170. The maximum absolute atomic E-state index is 8.33. The van der Waals surface area contributed by atoms with E-state index >= 15 is 0 Å². The van der Waals surface area contributed by atoms with E-state index in [4.69, 9.17) is 19.3 Å². The molecule has 0 bridgehead atoms. The van der Waals surface area contributed by atoms with Crippen molar-refractivity contribution in [2.45, 2.75) is 26.1 Å². The molecular formula is C10H21NO5. The summed E-state index contributed by atoms with van der Waals surface area (Å²) in [6, 6.07) is 0. The summed E-state index contributed by atoms with van der Waals surface area (Å²) in [4.78, 5) is 2.19. The summed E-state index contributed by atoms with van der Waals surface area (Å²) >= 11 is 0. The van der Waals surface area contributed by atoms with Crippen LogP contribution in [0, 0.1) is 0 Å². The Balaban J connectivity index is 1.96. The Morgan fingerprint density at radius 3 is 2.88 bits per heavy atom. The highest BCUT2D eigenvalue weighted by molar-refractivity contribution is 4.68. The highest BCUT2D eigenvalue weighted by Gasteiger charge is 2.20. The van der Waals surface area contributed by atoms with Gasteiger partial charge in [0.1, 0.15) is 13.6 Å². The first-order chi connectivity index (χ1) is 7.72. The van der Waals surface area contributed by atoms with Gasteiger partial charge >= 0.3 is 0 Å². The molecule has 1 N–H and O–H groups in total. The van der Waals surface area contributed by atoms with Gasteiger partial charge in [0.25, 0.3) is 0 Å². The molecule has 0 radical (unpaired) electrons. The van der Waals surface area contributed by atoms with Crippen LogP contribution in [0.25, 0.3) is 0 Å². The Morgan fingerprint density at radius 1 is 1.44 bits per heavy atom. The smallest absolute Gasteiger partial charge is 0.152 e. The molecule has 0 aromatic carbocycles. The third-order valence-corrected chi connectivity index (χ3v) is 2.27. The van der Waals surface area contributed by atoms with Gasteiger partial charge in [0.15, 0.2) is 6.79 Å². The highest BCUT2D eigenvalue weighted by atomic mass is 16.8. The van der Waals surface area contributed by atoms with Crippen LogP contribution in [0.2, 0.25) is 0 Å². The van der Waals surface area contributed by atoms with E-state index in [1.165, 1.54) is 0 Å². The number of aliphatic hydroxyl groups is 1. The van der Waals surface area contributed by atoms with Crippen molar-refractivity contribution < 1.29 is 24.1 Å². The van der Waals surface area contributed by atoms with Crippen LogP contribution in [0.1, 0.15) is 13.8 Å². The van der Waals surface area contributed by atoms with Crippen LogP contribution in [0.3, 0.4) is 0 Å². The van der Waals surface area contributed by atoms with Crippen LogP contribution in [-0.2, 0) is 18.9 Å². The van der Waals surface area contributed by atoms with E-state index in [9.17, 15) is 0 Å². The van der Waals surface area contributed by atoms with E-state index in [1.807, 2.05) is 6.92 Å². The van der Waals surface area contributed by atoms with E-state index in [2.05, 4.69) is 16.6 Å². The van der Waals surface area contributed by atoms with Gasteiger partial charge in [-0.2, -0.15) is 0 Å². The van der Waals surface area contributed by atoms with Crippen molar-refractivity contribution in [3.8, 4) is 0 Å². The second kappa shape index (κ2) is 7.94. The molecule has 6 nitrogen and oxygen atoms in total. The molecule has 1 rings (SSSR count). The van der Waals surface area contributed by atoms with Gasteiger partial charge in [0.2, 0.25) is 0 Å². The van der Waals surface area contributed by atoms with Crippen LogP contribution >= 0.6 is 0 Å². The second-order valence-electron chi connectivity index (χ2n) is 3.89. The normalized spacial score (nSPS) is 23.8. The minimum Gasteiger partial charge on any atom is -0.371 e. The third-order valence-electron chi connectivity index (χ3n) is 2.27. The van der Waals surface area contributed by atoms with Gasteiger partial charge < -0.3 is 24.1 Å². The quantitative estimate of drug-likeness (QED) is 0.471. The predicted molar refractivity (Wildman–Crippen MR) is 56.5 cm³/mol. The fourth-order valence-electron chi connectivity index (χ4n) is 1.54. The largest absolute Gasteiger partial charge is 0.371 e. The fraction of sp³-hybridized carbons (Fsp3) is 1.00. The first kappa shape index (κ1) is 13.8. The maximum atomic E-state index is 8.33. The van der Waals surface area contributed by atoms with Crippen molar-refractivity contribution in [2.75, 3.05) is 40.2 Å². The molecule has 1 saturated heterocycles. The SMILES string of the molecule is CC(CN1COC(C)C1)OCOCOCO. The van der Waals surface area contributed by atoms with Crippen LogP contribution in [0.5, 0.6) is 0 Å². The molecule has 0 aromatic heterocycles. The van der Waals surface area contributed by atoms with Crippen molar-refractivity contribution in [1.29, 1.82) is 0 Å². The van der Waals surface area contributed by atoms with Gasteiger partial charge in [-0.15, -0.1) is 0 Å². The number of hydrogen-bond donors (Lipinski definition) is 1. The van der Waals surface area contributed by atoms with E-state index < -0.39 is 0 Å². The van der Waals surface area contributed by atoms with E-state index in [-0.39, 0.29) is 26.5 Å². The molecule has 1 fully saturated rings. The van der Waals surface area contributed by atoms with E-state index in [0.717, 1.165) is 13.1 Å². The summed E-state index contributed by atoms with van der Waals surface area (Å²) in [5, 5.41) is 8.33. The zero-order valence-corrected chi connectivity index (χ0v) is 9.92. The van der Waals surface area contributed by atoms with Crippen LogP contribution in [0.4, 0.5) is 0 Å². The van der Waals surface area contributed by atoms with Crippen molar-refractivity contribution in [2.24, 2.45) is 0 Å². The minimum atomic E-state index is -0.335. The zero-order chi connectivity index (χ0) is 11.8. The summed E-state index contributed by atoms with van der Waals surface area (Å²) in [6.45, 7) is 6.37. The molecule has 2 unspecified atom stereocenters. The Morgan fingerprint density at radius 2 is 2.25 bits per heavy atom. The number of rotatable bonds is 8. The Hall–Kier alpha value is -0.240. The second-order valence-corrected chi connectivity index (χ2v) is 3.89. The molecule has 0 amide bonds. The predicted octanol–water partition coefficient (Wildman–Crippen LogP) is -0.0323. The summed E-state index contributed by atoms with van der Waals surface area (Å²) < 4.78 is 20.4. The standard InChI is InChI=1S/C10H21NO5/c1-9-3-11(5-15-9)4-10(2)16-8-14-7-13-6-12/h9-10,12H,3-8H2,1-2H3. The summed E-state index contributed by atoms with van der Waals surface area (Å²) in [5.41, 5.74) is 0. The first-order valence-electron chi connectivity index (χ1n) is 5.44. The van der Waals surface area contributed by atoms with Gasteiger partial charge in [0, 0.05) is 13.1 Å². The van der Waals surface area contributed by atoms with Crippen LogP contribution in [-0.4, -0.2) is 62.4 Å². The molecule has 0 saturated carbocycles. The zero-order valence-electron chi connectivity index (χ0n) is 9.92. The Labute approximate surface area is 96.0 Å². The van der Waals surface area contributed by atoms with E-state index in [0.29, 0.717) is 12.8 Å².